The Bertz CT molecular complexity index is 1240. The molecule has 1 saturated heterocycles. The van der Waals surface area contributed by atoms with Crippen LogP contribution in [0.3, 0.4) is 0 Å². The number of alkyl halides is 4. The molecule has 0 spiro atoms. The number of rotatable bonds is 5. The lowest BCUT2D eigenvalue weighted by atomic mass is 9.96. The number of hydrogen-bond acceptors (Lipinski definition) is 8. The molecule has 180 valence electrons. The molecule has 2 N–H and O–H groups in total. The Morgan fingerprint density at radius 1 is 1.36 bits per heavy atom. The van der Waals surface area contributed by atoms with Gasteiger partial charge < -0.3 is 14.4 Å². The molecular formula is C17H14ClF4N2O7PS. The number of H-pyrrole nitrogens is 1. The second-order valence-electron chi connectivity index (χ2n) is 7.14. The molecule has 3 heterocycles. The number of halogens is 5. The first-order chi connectivity index (χ1) is 15.4. The second kappa shape index (κ2) is 8.45. The van der Waals surface area contributed by atoms with Crippen molar-refractivity contribution in [1.82, 2.24) is 9.55 Å². The van der Waals surface area contributed by atoms with Crippen LogP contribution in [-0.4, -0.2) is 45.3 Å². The molecule has 4 atom stereocenters. The quantitative estimate of drug-likeness (QED) is 0.446. The van der Waals surface area contributed by atoms with E-state index in [2.05, 4.69) is 0 Å². The zero-order valence-corrected chi connectivity index (χ0v) is 18.6. The Labute approximate surface area is 192 Å². The van der Waals surface area contributed by atoms with Crippen LogP contribution in [0.1, 0.15) is 11.8 Å². The normalized spacial score (nSPS) is 30.8. The molecule has 0 saturated carbocycles. The molecule has 9 nitrogen and oxygen atoms in total. The summed E-state index contributed by atoms with van der Waals surface area (Å²) >= 11 is 10.7. The summed E-state index contributed by atoms with van der Waals surface area (Å²) in [7, 11) is 0. The molecular weight excluding hydrogens is 519 g/mol. The van der Waals surface area contributed by atoms with Crippen molar-refractivity contribution in [2.24, 2.45) is 0 Å². The third-order valence-electron chi connectivity index (χ3n) is 5.04. The Hall–Kier alpha value is -1.80. The van der Waals surface area contributed by atoms with Gasteiger partial charge in [-0.2, -0.15) is 8.78 Å². The smallest absolute Gasteiger partial charge is 0.381 e. The predicted octanol–water partition coefficient (Wildman–Crippen LogP) is 2.57. The molecule has 0 radical (unpaired) electrons. The van der Waals surface area contributed by atoms with Gasteiger partial charge in [0, 0.05) is 23.6 Å². The zero-order valence-electron chi connectivity index (χ0n) is 16.1. The Balaban J connectivity index is 1.65. The van der Waals surface area contributed by atoms with Crippen molar-refractivity contribution in [3.63, 3.8) is 0 Å². The zero-order chi connectivity index (χ0) is 24.2. The van der Waals surface area contributed by atoms with Crippen LogP contribution in [0.15, 0.2) is 40.1 Å². The van der Waals surface area contributed by atoms with Crippen molar-refractivity contribution in [3.05, 3.63) is 61.9 Å². The van der Waals surface area contributed by atoms with E-state index in [1.54, 1.807) is 23.2 Å². The molecule has 33 heavy (non-hydrogen) atoms. The first-order valence-electron chi connectivity index (χ1n) is 9.09. The summed E-state index contributed by atoms with van der Waals surface area (Å²) in [5.74, 6) is -4.16. The van der Waals surface area contributed by atoms with Crippen molar-refractivity contribution in [1.29, 1.82) is 0 Å². The van der Waals surface area contributed by atoms with Gasteiger partial charge in [0.25, 0.3) is 12.0 Å². The molecule has 2 aliphatic heterocycles. The van der Waals surface area contributed by atoms with Gasteiger partial charge in [-0.05, 0) is 6.07 Å². The van der Waals surface area contributed by atoms with E-state index in [0.29, 0.717) is 11.8 Å². The number of aromatic nitrogens is 2. The third kappa shape index (κ3) is 4.14. The number of aliphatic hydroxyl groups is 1. The Kier molecular flexibility index (Phi) is 6.23. The number of benzene rings is 1. The molecule has 2 aliphatic rings. The minimum Gasteiger partial charge on any atom is -0.424 e. The number of aromatic amines is 1. The number of nitrogens with one attached hydrogen (secondary N) is 1. The highest BCUT2D eigenvalue weighted by atomic mass is 35.5. The average molecular weight is 533 g/mol. The highest BCUT2D eigenvalue weighted by molar-refractivity contribution is 8.07. The fraction of sp³-hybridized carbons (Fsp3) is 0.412. The van der Waals surface area contributed by atoms with E-state index in [1.807, 2.05) is 0 Å². The van der Waals surface area contributed by atoms with E-state index < -0.39 is 59.9 Å². The van der Waals surface area contributed by atoms with Crippen LogP contribution in [0.5, 0.6) is 5.75 Å². The van der Waals surface area contributed by atoms with E-state index in [9.17, 15) is 32.3 Å². The van der Waals surface area contributed by atoms with Crippen LogP contribution in [0.2, 0.25) is 5.02 Å². The first-order valence-corrected chi connectivity index (χ1v) is 12.0. The number of ether oxygens (including phenoxy) is 1. The maximum atomic E-state index is 14.9. The van der Waals surface area contributed by atoms with Crippen LogP contribution in [0.25, 0.3) is 0 Å². The number of fused-ring (bicyclic) bond motifs is 1. The number of aliphatic hydroxyl groups excluding tert-OH is 1. The summed E-state index contributed by atoms with van der Waals surface area (Å²) in [5.41, 5.74) is -5.24. The molecule has 1 aromatic heterocycles. The molecule has 4 unspecified atom stereocenters. The monoisotopic (exact) mass is 532 g/mol. The largest absolute Gasteiger partial charge is 0.424 e. The number of nitrogens with zero attached hydrogens (tertiary/aromatic N) is 1. The SMILES string of the molecule is O=c1[nH]c(=O)n(C2OC(COP3(=S)OCc4ccccc4O3)(C(F)F)C(O)C2(F)F)cc1Cl. The highest BCUT2D eigenvalue weighted by Gasteiger charge is 2.71. The van der Waals surface area contributed by atoms with Crippen LogP contribution < -0.4 is 15.8 Å². The summed E-state index contributed by atoms with van der Waals surface area (Å²) in [6, 6.07) is 6.51. The fourth-order valence-electron chi connectivity index (χ4n) is 3.29. The highest BCUT2D eigenvalue weighted by Crippen LogP contribution is 2.57. The third-order valence-corrected chi connectivity index (χ3v) is 7.48. The van der Waals surface area contributed by atoms with Crippen molar-refractivity contribution in [2.75, 3.05) is 6.61 Å². The van der Waals surface area contributed by atoms with Crippen molar-refractivity contribution in [2.45, 2.75) is 36.9 Å². The summed E-state index contributed by atoms with van der Waals surface area (Å²) in [6.45, 7) is -5.18. The molecule has 4 rings (SSSR count). The fourth-order valence-corrected chi connectivity index (χ4v) is 5.25. The minimum absolute atomic E-state index is 0.0808. The first kappa shape index (κ1) is 24.3. The van der Waals surface area contributed by atoms with Gasteiger partial charge in [0.05, 0.1) is 13.2 Å². The van der Waals surface area contributed by atoms with Gasteiger partial charge in [-0.3, -0.25) is 23.4 Å². The predicted molar refractivity (Wildman–Crippen MR) is 108 cm³/mol. The summed E-state index contributed by atoms with van der Waals surface area (Å²) in [6.07, 6.45) is -9.13. The lowest BCUT2D eigenvalue weighted by Gasteiger charge is -2.34. The Morgan fingerprint density at radius 2 is 2.06 bits per heavy atom. The standard InChI is InChI=1S/C17H14ClF4N2O7PS/c18-9-5-24(15(27)23-11(9)25)14-17(21,22)12(26)16(30-14,13(19)20)7-29-32(33)28-6-8-3-1-2-4-10(8)31-32/h1-5,12-14,26H,6-7H2,(H,23,25,27). The van der Waals surface area contributed by atoms with Gasteiger partial charge in [-0.15, -0.1) is 0 Å². The lowest BCUT2D eigenvalue weighted by Crippen LogP contribution is -2.54. The van der Waals surface area contributed by atoms with Gasteiger partial charge in [0.1, 0.15) is 10.8 Å². The number of hydrogen-bond donors (Lipinski definition) is 2. The van der Waals surface area contributed by atoms with Gasteiger partial charge in [-0.25, -0.2) is 13.6 Å². The molecule has 0 amide bonds. The van der Waals surface area contributed by atoms with E-state index in [-0.39, 0.29) is 16.9 Å². The maximum Gasteiger partial charge on any atom is 0.381 e. The molecule has 1 aromatic carbocycles. The van der Waals surface area contributed by atoms with Gasteiger partial charge >= 0.3 is 18.3 Å². The lowest BCUT2D eigenvalue weighted by molar-refractivity contribution is -0.193. The molecule has 1 fully saturated rings. The molecule has 0 bridgehead atoms. The van der Waals surface area contributed by atoms with Crippen molar-refractivity contribution in [3.8, 4) is 5.75 Å². The molecule has 2 aromatic rings. The maximum absolute atomic E-state index is 14.9. The minimum atomic E-state index is -4.43. The van der Waals surface area contributed by atoms with Crippen molar-refractivity contribution >= 4 is 30.1 Å². The van der Waals surface area contributed by atoms with Crippen LogP contribution in [0.4, 0.5) is 17.6 Å². The van der Waals surface area contributed by atoms with Crippen LogP contribution in [-0.2, 0) is 32.2 Å². The Morgan fingerprint density at radius 3 is 2.76 bits per heavy atom. The van der Waals surface area contributed by atoms with Gasteiger partial charge in [-0.1, -0.05) is 29.8 Å². The topological polar surface area (TPSA) is 112 Å². The average Bonchev–Trinajstić information content (AvgIpc) is 2.96. The van der Waals surface area contributed by atoms with Gasteiger partial charge in [0.15, 0.2) is 11.7 Å². The van der Waals surface area contributed by atoms with Crippen LogP contribution in [0, 0.1) is 0 Å². The second-order valence-corrected chi connectivity index (χ2v) is 10.5. The summed E-state index contributed by atoms with van der Waals surface area (Å²) in [4.78, 5) is 25.1. The summed E-state index contributed by atoms with van der Waals surface area (Å²) < 4.78 is 78.8. The number of para-hydroxylation sites is 1. The van der Waals surface area contributed by atoms with E-state index in [4.69, 9.17) is 41.7 Å². The van der Waals surface area contributed by atoms with Crippen LogP contribution >= 0.6 is 18.3 Å². The van der Waals surface area contributed by atoms with E-state index >= 15 is 0 Å². The van der Waals surface area contributed by atoms with Crippen molar-refractivity contribution < 1.29 is 41.0 Å². The molecule has 16 heteroatoms. The molecule has 0 aliphatic carbocycles. The van der Waals surface area contributed by atoms with Gasteiger partial charge in [0.2, 0.25) is 6.23 Å². The summed E-state index contributed by atoms with van der Waals surface area (Å²) in [5, 5.41) is 9.51. The van der Waals surface area contributed by atoms with E-state index in [0.717, 1.165) is 0 Å². The van der Waals surface area contributed by atoms with E-state index in [1.165, 1.54) is 6.07 Å².